The van der Waals surface area contributed by atoms with Crippen LogP contribution in [-0.2, 0) is 32.7 Å². The van der Waals surface area contributed by atoms with Crippen LogP contribution >= 0.6 is 0 Å². The molecule has 0 fully saturated rings. The van der Waals surface area contributed by atoms with Gasteiger partial charge in [0.2, 0.25) is 0 Å². The first-order chi connectivity index (χ1) is 26.7. The van der Waals surface area contributed by atoms with Crippen molar-refractivity contribution in [2.24, 2.45) is 40.9 Å². The van der Waals surface area contributed by atoms with Crippen molar-refractivity contribution in [2.75, 3.05) is 27.7 Å². The second-order valence-electron chi connectivity index (χ2n) is 11.9. The number of fused-ring (bicyclic) bond motifs is 3. The van der Waals surface area contributed by atoms with Gasteiger partial charge in [0, 0.05) is 76.0 Å². The Kier molecular flexibility index (Phi) is 27.8. The van der Waals surface area contributed by atoms with Crippen LogP contribution in [0.3, 0.4) is 0 Å². The summed E-state index contributed by atoms with van der Waals surface area (Å²) >= 11 is 0. The molecule has 0 amide bonds. The molecule has 1 radical (unpaired) electrons. The Labute approximate surface area is 359 Å². The molecule has 295 valence electrons. The Balaban J connectivity index is 0.000000730. The third-order valence-corrected chi connectivity index (χ3v) is 6.84. The summed E-state index contributed by atoms with van der Waals surface area (Å²) in [7, 11) is 4.81. The van der Waals surface area contributed by atoms with Crippen LogP contribution in [-0.4, -0.2) is 37.9 Å². The molecular formula is C45H59N8O2Y-. The molecule has 0 spiro atoms. The molecule has 0 aliphatic carbocycles. The molecular weight excluding hydrogens is 773 g/mol. The molecule has 0 bridgehead atoms. The van der Waals surface area contributed by atoms with Gasteiger partial charge < -0.3 is 10.2 Å². The Morgan fingerprint density at radius 3 is 1.30 bits per heavy atom. The summed E-state index contributed by atoms with van der Waals surface area (Å²) in [5.41, 5.74) is 3.69. The third kappa shape index (κ3) is 16.9. The molecule has 0 saturated heterocycles. The summed E-state index contributed by atoms with van der Waals surface area (Å²) in [4.78, 5) is 0. The predicted molar refractivity (Wildman–Crippen MR) is 233 cm³/mol. The van der Waals surface area contributed by atoms with Gasteiger partial charge in [-0.2, -0.15) is 40.9 Å². The number of azo groups is 4. The number of phenols is 2. The van der Waals surface area contributed by atoms with Crippen molar-refractivity contribution in [1.82, 2.24) is 0 Å². The largest absolute Gasteiger partial charge is 0.505 e. The number of aromatic hydroxyl groups is 2. The van der Waals surface area contributed by atoms with Gasteiger partial charge in [-0.05, 0) is 29.8 Å². The fourth-order valence-electron chi connectivity index (χ4n) is 4.65. The van der Waals surface area contributed by atoms with Gasteiger partial charge in [-0.3, -0.25) is 0 Å². The molecule has 0 saturated carbocycles. The first-order valence-corrected chi connectivity index (χ1v) is 18.8. The van der Waals surface area contributed by atoms with Crippen LogP contribution in [0, 0.1) is 13.0 Å². The summed E-state index contributed by atoms with van der Waals surface area (Å²) in [5.74, 6) is 0.377. The summed E-state index contributed by atoms with van der Waals surface area (Å²) in [5, 5.41) is 56.4. The van der Waals surface area contributed by atoms with Crippen molar-refractivity contribution in [1.29, 1.82) is 0 Å². The van der Waals surface area contributed by atoms with E-state index >= 15 is 0 Å². The van der Waals surface area contributed by atoms with Gasteiger partial charge in [0.15, 0.2) is 11.5 Å². The molecule has 0 atom stereocenters. The SMILES string of the molecule is CCC.CCC.CCC.CCN=Nc1ccc2ccc(N=NC)[c-]c2c1C.CN=Nc1ccc2ccccc2c1O.CN=Nc1ccc2ccccc2c1O.[Y]. The Hall–Kier alpha value is -4.80. The van der Waals surface area contributed by atoms with E-state index in [4.69, 9.17) is 0 Å². The van der Waals surface area contributed by atoms with E-state index in [1.807, 2.05) is 98.8 Å². The number of aryl methyl sites for hydroxylation is 1. The molecule has 2 N–H and O–H groups in total. The quantitative estimate of drug-likeness (QED) is 0.132. The van der Waals surface area contributed by atoms with Crippen molar-refractivity contribution < 1.29 is 42.9 Å². The van der Waals surface area contributed by atoms with Crippen molar-refractivity contribution in [2.45, 2.75) is 74.7 Å². The Bertz CT molecular complexity index is 2030. The number of hydrogen-bond acceptors (Lipinski definition) is 10. The standard InChI is InChI=1S/C14H15N4.2C11H10N2O.3C3H8.Y/c1-4-16-18-14-8-6-11-5-7-12(17-15-3)9-13(11)10(14)2;2*1-12-13-10-7-6-8-4-2-3-5-9(8)11(10)14;3*1-3-2;/h5-8H,4H2,1-3H3;2*2-7,14H,1H3;3*3H2,1-2H3;/q-1;;;;;;. The van der Waals surface area contributed by atoms with E-state index in [0.717, 1.165) is 49.3 Å². The molecule has 56 heavy (non-hydrogen) atoms. The average molecular weight is 833 g/mol. The number of nitrogens with zero attached hydrogens (tertiary/aromatic N) is 8. The van der Waals surface area contributed by atoms with Crippen LogP contribution in [0.5, 0.6) is 11.5 Å². The average Bonchev–Trinajstić information content (AvgIpc) is 3.19. The molecule has 6 aromatic carbocycles. The minimum Gasteiger partial charge on any atom is -0.505 e. The maximum Gasteiger partial charge on any atom is 0.150 e. The maximum absolute atomic E-state index is 9.83. The van der Waals surface area contributed by atoms with Gasteiger partial charge in [0.05, 0.1) is 6.54 Å². The fourth-order valence-corrected chi connectivity index (χ4v) is 4.65. The van der Waals surface area contributed by atoms with Crippen LogP contribution in [0.4, 0.5) is 22.7 Å². The van der Waals surface area contributed by atoms with E-state index < -0.39 is 0 Å². The molecule has 11 heteroatoms. The van der Waals surface area contributed by atoms with Crippen molar-refractivity contribution in [3.63, 3.8) is 0 Å². The van der Waals surface area contributed by atoms with E-state index in [2.05, 4.69) is 88.5 Å². The van der Waals surface area contributed by atoms with E-state index in [-0.39, 0.29) is 44.2 Å². The van der Waals surface area contributed by atoms with Crippen LogP contribution in [0.25, 0.3) is 32.3 Å². The van der Waals surface area contributed by atoms with Gasteiger partial charge in [0.1, 0.15) is 11.4 Å². The van der Waals surface area contributed by atoms with Crippen LogP contribution in [0.1, 0.15) is 73.3 Å². The fraction of sp³-hybridized carbons (Fsp3) is 0.333. The predicted octanol–water partition coefficient (Wildman–Crippen LogP) is 15.5. The van der Waals surface area contributed by atoms with Gasteiger partial charge in [0.25, 0.3) is 0 Å². The number of hydrogen-bond donors (Lipinski definition) is 2. The van der Waals surface area contributed by atoms with E-state index in [0.29, 0.717) is 17.9 Å². The first kappa shape index (κ1) is 51.2. The minimum absolute atomic E-state index is 0. The molecule has 0 unspecified atom stereocenters. The van der Waals surface area contributed by atoms with Gasteiger partial charge >= 0.3 is 0 Å². The zero-order valence-electron chi connectivity index (χ0n) is 35.1. The minimum atomic E-state index is 0. The number of benzene rings is 6. The second-order valence-corrected chi connectivity index (χ2v) is 11.9. The van der Waals surface area contributed by atoms with Crippen molar-refractivity contribution >= 4 is 55.1 Å². The topological polar surface area (TPSA) is 139 Å². The van der Waals surface area contributed by atoms with E-state index in [1.165, 1.54) is 19.3 Å². The monoisotopic (exact) mass is 832 g/mol. The molecule has 6 aromatic rings. The maximum atomic E-state index is 9.83. The summed E-state index contributed by atoms with van der Waals surface area (Å²) in [6.07, 6.45) is 3.75. The summed E-state index contributed by atoms with van der Waals surface area (Å²) in [6.45, 7) is 17.4. The Morgan fingerprint density at radius 1 is 0.482 bits per heavy atom. The molecule has 0 aromatic heterocycles. The smallest absolute Gasteiger partial charge is 0.150 e. The Morgan fingerprint density at radius 2 is 0.875 bits per heavy atom. The third-order valence-electron chi connectivity index (χ3n) is 6.84. The molecule has 0 aliphatic heterocycles. The zero-order valence-corrected chi connectivity index (χ0v) is 38.0. The normalized spacial score (nSPS) is 10.4. The van der Waals surface area contributed by atoms with Gasteiger partial charge in [-0.25, -0.2) is 0 Å². The van der Waals surface area contributed by atoms with Gasteiger partial charge in [-0.15, -0.1) is 29.0 Å². The number of phenolic OH excluding ortho intramolecular Hbond substituents is 2. The molecule has 10 nitrogen and oxygen atoms in total. The van der Waals surface area contributed by atoms with E-state index in [1.54, 1.807) is 33.3 Å². The zero-order chi connectivity index (χ0) is 41.0. The van der Waals surface area contributed by atoms with E-state index in [9.17, 15) is 10.2 Å². The van der Waals surface area contributed by atoms with Crippen LogP contribution < -0.4 is 0 Å². The van der Waals surface area contributed by atoms with Gasteiger partial charge in [-0.1, -0.05) is 146 Å². The van der Waals surface area contributed by atoms with Crippen molar-refractivity contribution in [3.8, 4) is 11.5 Å². The number of rotatable bonds is 5. The molecule has 6 rings (SSSR count). The second kappa shape index (κ2) is 30.4. The van der Waals surface area contributed by atoms with Crippen LogP contribution in [0.2, 0.25) is 0 Å². The summed E-state index contributed by atoms with van der Waals surface area (Å²) in [6, 6.07) is 33.8. The molecule has 0 heterocycles. The first-order valence-electron chi connectivity index (χ1n) is 18.8. The van der Waals surface area contributed by atoms with Crippen molar-refractivity contribution in [3.05, 3.63) is 109 Å². The molecule has 0 aliphatic rings. The van der Waals surface area contributed by atoms with Crippen LogP contribution in [0.15, 0.2) is 138 Å². The summed E-state index contributed by atoms with van der Waals surface area (Å²) < 4.78 is 0.